The highest BCUT2D eigenvalue weighted by molar-refractivity contribution is 9.10. The molecule has 2 rings (SSSR count). The predicted octanol–water partition coefficient (Wildman–Crippen LogP) is 4.79. The molecule has 1 aliphatic rings. The molecule has 2 nitrogen and oxygen atoms in total. The van der Waals surface area contributed by atoms with Crippen molar-refractivity contribution >= 4 is 15.9 Å². The number of hydrogen-bond acceptors (Lipinski definition) is 2. The lowest BCUT2D eigenvalue weighted by molar-refractivity contribution is 0.401. The van der Waals surface area contributed by atoms with Crippen molar-refractivity contribution in [2.24, 2.45) is 5.92 Å². The van der Waals surface area contributed by atoms with Crippen LogP contribution in [0.5, 0.6) is 5.75 Å². The molecule has 1 aromatic carbocycles. The van der Waals surface area contributed by atoms with E-state index in [2.05, 4.69) is 48.1 Å². The summed E-state index contributed by atoms with van der Waals surface area (Å²) in [7, 11) is 1.78. The molecule has 118 valence electrons. The first-order valence-corrected chi connectivity index (χ1v) is 8.88. The van der Waals surface area contributed by atoms with Gasteiger partial charge in [0.25, 0.3) is 0 Å². The minimum Gasteiger partial charge on any atom is -0.496 e. The molecule has 1 aliphatic carbocycles. The highest BCUT2D eigenvalue weighted by Gasteiger charge is 2.20. The summed E-state index contributed by atoms with van der Waals surface area (Å²) in [6, 6.07) is 2.98. The second-order valence-corrected chi connectivity index (χ2v) is 7.33. The Balaban J connectivity index is 1.91. The van der Waals surface area contributed by atoms with E-state index < -0.39 is 0 Å². The van der Waals surface area contributed by atoms with Gasteiger partial charge in [-0.05, 0) is 81.2 Å². The fourth-order valence-corrected chi connectivity index (χ4v) is 3.44. The van der Waals surface area contributed by atoms with E-state index in [1.807, 2.05) is 0 Å². The van der Waals surface area contributed by atoms with Gasteiger partial charge in [0.05, 0.1) is 7.11 Å². The average molecular weight is 354 g/mol. The van der Waals surface area contributed by atoms with Crippen LogP contribution in [-0.2, 0) is 6.42 Å². The SMILES string of the molecule is COc1c(C)cc(Br)c(C)c1CCC(C)CCNC1CC1. The summed E-state index contributed by atoms with van der Waals surface area (Å²) in [6.07, 6.45) is 6.34. The van der Waals surface area contributed by atoms with Crippen LogP contribution in [0.1, 0.15) is 49.3 Å². The predicted molar refractivity (Wildman–Crippen MR) is 93.3 cm³/mol. The zero-order valence-corrected chi connectivity index (χ0v) is 15.3. The first-order valence-electron chi connectivity index (χ1n) is 8.08. The number of rotatable bonds is 8. The molecule has 0 heterocycles. The fourth-order valence-electron chi connectivity index (χ4n) is 2.86. The number of aryl methyl sites for hydroxylation is 1. The van der Waals surface area contributed by atoms with Gasteiger partial charge in [0.1, 0.15) is 5.75 Å². The maximum Gasteiger partial charge on any atom is 0.125 e. The quantitative estimate of drug-likeness (QED) is 0.725. The standard InChI is InChI=1S/C18H28BrNO/c1-12(9-10-20-15-6-7-15)5-8-16-14(3)17(19)11-13(2)18(16)21-4/h11-12,15,20H,5-10H2,1-4H3. The Labute approximate surface area is 137 Å². The molecule has 0 bridgehead atoms. The van der Waals surface area contributed by atoms with Crippen molar-refractivity contribution in [3.63, 3.8) is 0 Å². The molecule has 1 unspecified atom stereocenters. The van der Waals surface area contributed by atoms with E-state index in [0.29, 0.717) is 0 Å². The summed E-state index contributed by atoms with van der Waals surface area (Å²) in [5.74, 6) is 1.82. The highest BCUT2D eigenvalue weighted by Crippen LogP contribution is 2.33. The minimum absolute atomic E-state index is 0.750. The highest BCUT2D eigenvalue weighted by atomic mass is 79.9. The van der Waals surface area contributed by atoms with Crippen molar-refractivity contribution in [1.82, 2.24) is 5.32 Å². The van der Waals surface area contributed by atoms with Gasteiger partial charge in [-0.3, -0.25) is 0 Å². The van der Waals surface area contributed by atoms with Gasteiger partial charge < -0.3 is 10.1 Å². The molecule has 1 fully saturated rings. The Morgan fingerprint density at radius 3 is 2.67 bits per heavy atom. The first-order chi connectivity index (χ1) is 10.0. The van der Waals surface area contributed by atoms with Crippen LogP contribution >= 0.6 is 15.9 Å². The summed E-state index contributed by atoms with van der Waals surface area (Å²) in [5.41, 5.74) is 3.90. The van der Waals surface area contributed by atoms with Crippen molar-refractivity contribution in [2.45, 2.75) is 58.9 Å². The van der Waals surface area contributed by atoms with Gasteiger partial charge in [0.2, 0.25) is 0 Å². The maximum atomic E-state index is 5.63. The van der Waals surface area contributed by atoms with Crippen molar-refractivity contribution in [2.75, 3.05) is 13.7 Å². The second-order valence-electron chi connectivity index (χ2n) is 6.47. The third-order valence-electron chi connectivity index (χ3n) is 4.53. The molecule has 0 aromatic heterocycles. The number of methoxy groups -OCH3 is 1. The summed E-state index contributed by atoms with van der Waals surface area (Å²) >= 11 is 3.67. The summed E-state index contributed by atoms with van der Waals surface area (Å²) in [4.78, 5) is 0. The third kappa shape index (κ3) is 4.72. The van der Waals surface area contributed by atoms with Crippen LogP contribution in [0.2, 0.25) is 0 Å². The molecule has 1 atom stereocenters. The molecule has 1 aromatic rings. The molecule has 0 spiro atoms. The van der Waals surface area contributed by atoms with E-state index >= 15 is 0 Å². The zero-order chi connectivity index (χ0) is 15.4. The average Bonchev–Trinajstić information content (AvgIpc) is 3.25. The van der Waals surface area contributed by atoms with E-state index in [0.717, 1.165) is 24.1 Å². The monoisotopic (exact) mass is 353 g/mol. The Bertz CT molecular complexity index is 483. The second kappa shape index (κ2) is 7.64. The summed E-state index contributed by atoms with van der Waals surface area (Å²) < 4.78 is 6.83. The van der Waals surface area contributed by atoms with Gasteiger partial charge in [-0.1, -0.05) is 22.9 Å². The van der Waals surface area contributed by atoms with E-state index in [-0.39, 0.29) is 0 Å². The van der Waals surface area contributed by atoms with Crippen LogP contribution in [0.3, 0.4) is 0 Å². The molecule has 3 heteroatoms. The van der Waals surface area contributed by atoms with Gasteiger partial charge in [-0.15, -0.1) is 0 Å². The number of nitrogens with one attached hydrogen (secondary N) is 1. The van der Waals surface area contributed by atoms with Crippen molar-refractivity contribution in [1.29, 1.82) is 0 Å². The molecule has 0 saturated heterocycles. The summed E-state index contributed by atoms with van der Waals surface area (Å²) in [5, 5.41) is 3.61. The largest absolute Gasteiger partial charge is 0.496 e. The van der Waals surface area contributed by atoms with Gasteiger partial charge in [-0.2, -0.15) is 0 Å². The van der Waals surface area contributed by atoms with Gasteiger partial charge in [0, 0.05) is 10.5 Å². The van der Waals surface area contributed by atoms with Crippen LogP contribution in [0.15, 0.2) is 10.5 Å². The van der Waals surface area contributed by atoms with Crippen LogP contribution in [0.4, 0.5) is 0 Å². The minimum atomic E-state index is 0.750. The Morgan fingerprint density at radius 1 is 1.33 bits per heavy atom. The number of halogens is 1. The van der Waals surface area contributed by atoms with Crippen LogP contribution in [0, 0.1) is 19.8 Å². The van der Waals surface area contributed by atoms with E-state index in [4.69, 9.17) is 4.74 Å². The fraction of sp³-hybridized carbons (Fsp3) is 0.667. The number of hydrogen-bond donors (Lipinski definition) is 1. The lowest BCUT2D eigenvalue weighted by Gasteiger charge is -2.18. The molecule has 0 aliphatic heterocycles. The van der Waals surface area contributed by atoms with E-state index in [1.54, 1.807) is 7.11 Å². The zero-order valence-electron chi connectivity index (χ0n) is 13.8. The molecular weight excluding hydrogens is 326 g/mol. The first kappa shape index (κ1) is 16.8. The van der Waals surface area contributed by atoms with Crippen molar-refractivity contribution in [3.8, 4) is 5.75 Å². The van der Waals surface area contributed by atoms with Crippen molar-refractivity contribution < 1.29 is 4.74 Å². The molecule has 21 heavy (non-hydrogen) atoms. The van der Waals surface area contributed by atoms with E-state index in [9.17, 15) is 0 Å². The van der Waals surface area contributed by atoms with Crippen LogP contribution in [-0.4, -0.2) is 19.7 Å². The van der Waals surface area contributed by atoms with Gasteiger partial charge in [0.15, 0.2) is 0 Å². The smallest absolute Gasteiger partial charge is 0.125 e. The summed E-state index contributed by atoms with van der Waals surface area (Å²) in [6.45, 7) is 7.83. The Hall–Kier alpha value is -0.540. The maximum absolute atomic E-state index is 5.63. The molecule has 1 N–H and O–H groups in total. The van der Waals surface area contributed by atoms with Crippen LogP contribution < -0.4 is 10.1 Å². The number of benzene rings is 1. The Morgan fingerprint density at radius 2 is 2.05 bits per heavy atom. The van der Waals surface area contributed by atoms with E-state index in [1.165, 1.54) is 53.4 Å². The lowest BCUT2D eigenvalue weighted by Crippen LogP contribution is -2.19. The Kier molecular flexibility index (Phi) is 6.12. The van der Waals surface area contributed by atoms with Gasteiger partial charge >= 0.3 is 0 Å². The normalized spacial score (nSPS) is 16.0. The van der Waals surface area contributed by atoms with Crippen LogP contribution in [0.25, 0.3) is 0 Å². The third-order valence-corrected chi connectivity index (χ3v) is 5.35. The molecule has 1 saturated carbocycles. The van der Waals surface area contributed by atoms with Crippen molar-refractivity contribution in [3.05, 3.63) is 27.2 Å². The topological polar surface area (TPSA) is 21.3 Å². The molecule has 0 amide bonds. The van der Waals surface area contributed by atoms with Gasteiger partial charge in [-0.25, -0.2) is 0 Å². The molecular formula is C18H28BrNO. The molecule has 0 radical (unpaired) electrons. The lowest BCUT2D eigenvalue weighted by atomic mass is 9.94. The number of ether oxygens (including phenoxy) is 1.